The first-order valence-electron chi connectivity index (χ1n) is 4.14. The number of pyridine rings is 1. The maximum atomic E-state index is 11.8. The van der Waals surface area contributed by atoms with Crippen molar-refractivity contribution in [2.45, 2.75) is 12.6 Å². The summed E-state index contributed by atoms with van der Waals surface area (Å²) >= 11 is 0. The summed E-state index contributed by atoms with van der Waals surface area (Å²) in [5.74, 6) is 5.51. The van der Waals surface area contributed by atoms with Crippen molar-refractivity contribution in [3.8, 4) is 5.88 Å². The van der Waals surface area contributed by atoms with Crippen molar-refractivity contribution in [2.75, 3.05) is 12.0 Å². The van der Waals surface area contributed by atoms with Crippen molar-refractivity contribution in [1.82, 2.24) is 4.98 Å². The third-order valence-corrected chi connectivity index (χ3v) is 1.51. The standard InChI is InChI=1S/C8H10F3N3O/c9-8(10,11)4-5-15-7-3-1-2-6(13-7)14-12/h1-3H,4-5,12H2,(H,13,14). The van der Waals surface area contributed by atoms with E-state index in [0.717, 1.165) is 0 Å². The van der Waals surface area contributed by atoms with Crippen molar-refractivity contribution in [3.63, 3.8) is 0 Å². The number of alkyl halides is 3. The maximum Gasteiger partial charge on any atom is 0.392 e. The van der Waals surface area contributed by atoms with Gasteiger partial charge in [0.2, 0.25) is 5.88 Å². The number of hydrazine groups is 1. The molecule has 0 spiro atoms. The Morgan fingerprint density at radius 1 is 1.40 bits per heavy atom. The number of hydrogen-bond acceptors (Lipinski definition) is 4. The van der Waals surface area contributed by atoms with Crippen LogP contribution in [-0.2, 0) is 0 Å². The molecule has 0 aromatic carbocycles. The van der Waals surface area contributed by atoms with Crippen molar-refractivity contribution in [2.24, 2.45) is 5.84 Å². The molecule has 0 bridgehead atoms. The van der Waals surface area contributed by atoms with Gasteiger partial charge >= 0.3 is 6.18 Å². The van der Waals surface area contributed by atoms with Crippen LogP contribution < -0.4 is 16.0 Å². The fourth-order valence-electron chi connectivity index (χ4n) is 0.847. The lowest BCUT2D eigenvalue weighted by Crippen LogP contribution is -2.14. The summed E-state index contributed by atoms with van der Waals surface area (Å²) in [7, 11) is 0. The SMILES string of the molecule is NNc1cccc(OCCC(F)(F)F)n1. The highest BCUT2D eigenvalue weighted by Crippen LogP contribution is 2.20. The largest absolute Gasteiger partial charge is 0.477 e. The molecule has 0 atom stereocenters. The van der Waals surface area contributed by atoms with Gasteiger partial charge in [-0.1, -0.05) is 6.07 Å². The Hall–Kier alpha value is -1.50. The number of anilines is 1. The molecule has 15 heavy (non-hydrogen) atoms. The molecule has 0 aliphatic heterocycles. The molecule has 0 saturated heterocycles. The number of nitrogens with zero attached hydrogens (tertiary/aromatic N) is 1. The van der Waals surface area contributed by atoms with Gasteiger partial charge in [0.05, 0.1) is 13.0 Å². The highest BCUT2D eigenvalue weighted by Gasteiger charge is 2.26. The molecule has 1 aromatic rings. The van der Waals surface area contributed by atoms with Crippen LogP contribution in [0, 0.1) is 0 Å². The predicted octanol–water partition coefficient (Wildman–Crippen LogP) is 1.70. The first kappa shape index (κ1) is 11.6. The third-order valence-electron chi connectivity index (χ3n) is 1.51. The second-order valence-electron chi connectivity index (χ2n) is 2.72. The molecule has 0 aliphatic rings. The molecule has 0 amide bonds. The minimum Gasteiger partial charge on any atom is -0.477 e. The van der Waals surface area contributed by atoms with Crippen LogP contribution in [0.1, 0.15) is 6.42 Å². The summed E-state index contributed by atoms with van der Waals surface area (Å²) in [5.41, 5.74) is 2.26. The maximum absolute atomic E-state index is 11.8. The quantitative estimate of drug-likeness (QED) is 0.600. The van der Waals surface area contributed by atoms with E-state index in [0.29, 0.717) is 5.82 Å². The second kappa shape index (κ2) is 4.83. The summed E-state index contributed by atoms with van der Waals surface area (Å²) in [6.07, 6.45) is -5.22. The van der Waals surface area contributed by atoms with Crippen LogP contribution in [0.5, 0.6) is 5.88 Å². The number of halogens is 3. The molecular formula is C8H10F3N3O. The van der Waals surface area contributed by atoms with Crippen molar-refractivity contribution < 1.29 is 17.9 Å². The van der Waals surface area contributed by atoms with Crippen LogP contribution in [-0.4, -0.2) is 17.8 Å². The zero-order chi connectivity index (χ0) is 11.3. The van der Waals surface area contributed by atoms with E-state index in [9.17, 15) is 13.2 Å². The summed E-state index contributed by atoms with van der Waals surface area (Å²) < 4.78 is 40.1. The van der Waals surface area contributed by atoms with Gasteiger partial charge in [-0.2, -0.15) is 18.2 Å². The summed E-state index contributed by atoms with van der Waals surface area (Å²) in [6.45, 7) is -0.454. The lowest BCUT2D eigenvalue weighted by atomic mass is 10.4. The van der Waals surface area contributed by atoms with E-state index >= 15 is 0 Å². The van der Waals surface area contributed by atoms with Gasteiger partial charge in [-0.3, -0.25) is 0 Å². The minimum absolute atomic E-state index is 0.106. The van der Waals surface area contributed by atoms with Crippen LogP contribution in [0.15, 0.2) is 18.2 Å². The molecule has 0 unspecified atom stereocenters. The van der Waals surface area contributed by atoms with Crippen LogP contribution in [0.3, 0.4) is 0 Å². The van der Waals surface area contributed by atoms with Gasteiger partial charge in [-0.05, 0) is 6.07 Å². The molecule has 0 fully saturated rings. The van der Waals surface area contributed by atoms with Crippen LogP contribution in [0.4, 0.5) is 19.0 Å². The number of ether oxygens (including phenoxy) is 1. The smallest absolute Gasteiger partial charge is 0.392 e. The first-order chi connectivity index (χ1) is 7.01. The average molecular weight is 221 g/mol. The number of rotatable bonds is 4. The molecule has 7 heteroatoms. The van der Waals surface area contributed by atoms with Crippen molar-refractivity contribution >= 4 is 5.82 Å². The molecule has 1 aromatic heterocycles. The Morgan fingerprint density at radius 3 is 2.73 bits per heavy atom. The van der Waals surface area contributed by atoms with Gasteiger partial charge in [0, 0.05) is 6.07 Å². The third kappa shape index (κ3) is 4.50. The lowest BCUT2D eigenvalue weighted by Gasteiger charge is -2.08. The zero-order valence-corrected chi connectivity index (χ0v) is 7.71. The number of nitrogens with two attached hydrogens (primary N) is 1. The van der Waals surface area contributed by atoms with Gasteiger partial charge in [-0.15, -0.1) is 0 Å². The molecule has 0 saturated carbocycles. The van der Waals surface area contributed by atoms with E-state index in [1.165, 1.54) is 6.07 Å². The van der Waals surface area contributed by atoms with Gasteiger partial charge in [0.1, 0.15) is 5.82 Å². The van der Waals surface area contributed by atoms with Crippen molar-refractivity contribution in [3.05, 3.63) is 18.2 Å². The Bertz CT molecular complexity index is 316. The van der Waals surface area contributed by atoms with E-state index in [1.807, 2.05) is 0 Å². The normalized spacial score (nSPS) is 11.2. The van der Waals surface area contributed by atoms with Crippen LogP contribution in [0.25, 0.3) is 0 Å². The monoisotopic (exact) mass is 221 g/mol. The van der Waals surface area contributed by atoms with E-state index in [2.05, 4.69) is 10.4 Å². The zero-order valence-electron chi connectivity index (χ0n) is 7.71. The van der Waals surface area contributed by atoms with E-state index in [1.54, 1.807) is 12.1 Å². The molecule has 0 aliphatic carbocycles. The molecule has 3 N–H and O–H groups in total. The highest BCUT2D eigenvalue weighted by atomic mass is 19.4. The fourth-order valence-corrected chi connectivity index (χ4v) is 0.847. The molecule has 0 radical (unpaired) electrons. The molecule has 1 heterocycles. The van der Waals surface area contributed by atoms with Gasteiger partial charge in [0.15, 0.2) is 0 Å². The number of hydrogen-bond donors (Lipinski definition) is 2. The van der Waals surface area contributed by atoms with E-state index in [-0.39, 0.29) is 5.88 Å². The Balaban J connectivity index is 2.44. The average Bonchev–Trinajstić information content (AvgIpc) is 2.16. The molecule has 4 nitrogen and oxygen atoms in total. The van der Waals surface area contributed by atoms with E-state index < -0.39 is 19.2 Å². The second-order valence-corrected chi connectivity index (χ2v) is 2.72. The number of aromatic nitrogens is 1. The van der Waals surface area contributed by atoms with Crippen LogP contribution in [0.2, 0.25) is 0 Å². The minimum atomic E-state index is -4.22. The Labute approximate surface area is 84.2 Å². The number of nitrogen functional groups attached to an aromatic ring is 1. The Morgan fingerprint density at radius 2 is 2.13 bits per heavy atom. The lowest BCUT2D eigenvalue weighted by molar-refractivity contribution is -0.139. The fraction of sp³-hybridized carbons (Fsp3) is 0.375. The van der Waals surface area contributed by atoms with Gasteiger partial charge in [0.25, 0.3) is 0 Å². The predicted molar refractivity (Wildman–Crippen MR) is 48.2 cm³/mol. The number of nitrogens with one attached hydrogen (secondary N) is 1. The highest BCUT2D eigenvalue weighted by molar-refractivity contribution is 5.35. The summed E-state index contributed by atoms with van der Waals surface area (Å²) in [4.78, 5) is 3.79. The summed E-state index contributed by atoms with van der Waals surface area (Å²) in [5, 5.41) is 0. The molecule has 1 rings (SSSR count). The van der Waals surface area contributed by atoms with Gasteiger partial charge in [-0.25, -0.2) is 5.84 Å². The molecular weight excluding hydrogens is 211 g/mol. The molecule has 84 valence electrons. The Kier molecular flexibility index (Phi) is 3.73. The van der Waals surface area contributed by atoms with Gasteiger partial charge < -0.3 is 10.2 Å². The van der Waals surface area contributed by atoms with Crippen LogP contribution >= 0.6 is 0 Å². The van der Waals surface area contributed by atoms with E-state index in [4.69, 9.17) is 10.6 Å². The first-order valence-corrected chi connectivity index (χ1v) is 4.14. The topological polar surface area (TPSA) is 60.2 Å². The van der Waals surface area contributed by atoms with Crippen molar-refractivity contribution in [1.29, 1.82) is 0 Å². The summed E-state index contributed by atoms with van der Waals surface area (Å²) in [6, 6.07) is 4.60.